The number of aliphatic hydroxyl groups is 9. The van der Waals surface area contributed by atoms with Gasteiger partial charge in [-0.15, -0.1) is 0 Å². The molecule has 194 valence electrons. The van der Waals surface area contributed by atoms with Crippen LogP contribution in [-0.2, 0) is 20.7 Å². The number of hydrogen-bond donors (Lipinski definition) is 10. The van der Waals surface area contributed by atoms with Gasteiger partial charge in [-0.1, -0.05) is 30.3 Å². The number of ether oxygens (including phenoxy) is 1. The molecule has 10 N–H and O–H groups in total. The van der Waals surface area contributed by atoms with Crippen LogP contribution >= 0.6 is 0 Å². The highest BCUT2D eigenvalue weighted by molar-refractivity contribution is 5.81. The second-order valence-electron chi connectivity index (χ2n) is 7.86. The summed E-state index contributed by atoms with van der Waals surface area (Å²) in [5.74, 6) is -1.90. The number of aliphatic hydroxyl groups excluding tert-OH is 9. The van der Waals surface area contributed by atoms with Gasteiger partial charge in [0.05, 0.1) is 13.2 Å². The largest absolute Gasteiger partial charge is 0.455 e. The average Bonchev–Trinajstić information content (AvgIpc) is 2.83. The van der Waals surface area contributed by atoms with Gasteiger partial charge in [-0.05, 0) is 18.9 Å². The summed E-state index contributed by atoms with van der Waals surface area (Å²) in [5, 5.41) is 84.7. The number of rotatable bonds is 9. The minimum absolute atomic E-state index is 0.295. The van der Waals surface area contributed by atoms with Crippen molar-refractivity contribution in [3.05, 3.63) is 35.9 Å². The van der Waals surface area contributed by atoms with Gasteiger partial charge in [-0.25, -0.2) is 4.79 Å². The Bertz CT molecular complexity index is 749. The highest BCUT2D eigenvalue weighted by atomic mass is 16.6. The van der Waals surface area contributed by atoms with Crippen molar-refractivity contribution >= 4 is 11.9 Å². The number of cyclic esters (lactones) is 1. The third-order valence-electron chi connectivity index (χ3n) is 5.04. The number of esters is 1. The predicted octanol–water partition coefficient (Wildman–Crippen LogP) is -4.84. The Hall–Kier alpha value is -2.20. The maximum Gasteiger partial charge on any atom is 0.338 e. The van der Waals surface area contributed by atoms with Crippen molar-refractivity contribution in [3.63, 3.8) is 0 Å². The van der Waals surface area contributed by atoms with E-state index < -0.39 is 73.9 Å². The van der Waals surface area contributed by atoms with Gasteiger partial charge in [0.25, 0.3) is 5.91 Å². The number of carbonyl (C=O) groups excluding carboxylic acids is 2. The van der Waals surface area contributed by atoms with E-state index in [1.165, 1.54) is 0 Å². The summed E-state index contributed by atoms with van der Waals surface area (Å²) in [6.45, 7) is 0.358. The van der Waals surface area contributed by atoms with Gasteiger partial charge >= 0.3 is 5.97 Å². The van der Waals surface area contributed by atoms with E-state index in [-0.39, 0.29) is 6.04 Å². The van der Waals surface area contributed by atoms with Gasteiger partial charge in [0, 0.05) is 6.04 Å². The lowest BCUT2D eigenvalue weighted by atomic mass is 10.0. The monoisotopic (exact) mass is 491 g/mol. The zero-order valence-electron chi connectivity index (χ0n) is 18.5. The van der Waals surface area contributed by atoms with E-state index in [0.717, 1.165) is 5.56 Å². The molecule has 0 bridgehead atoms. The quantitative estimate of drug-likeness (QED) is 0.146. The lowest BCUT2D eigenvalue weighted by Crippen LogP contribution is -2.56. The van der Waals surface area contributed by atoms with Crippen molar-refractivity contribution in [1.29, 1.82) is 0 Å². The zero-order valence-corrected chi connectivity index (χ0v) is 18.5. The topological polar surface area (TPSA) is 237 Å². The van der Waals surface area contributed by atoms with Gasteiger partial charge in [0.1, 0.15) is 30.5 Å². The smallest absolute Gasteiger partial charge is 0.338 e. The standard InChI is InChI=1S/C15H23NO6.C6H10O6/c1-9(7-10-5-3-2-4-6-10)16-15(22)14(21)13(20)12(19)11(18)8-17;7-1-2-3(8)4(9)5(10)6(11)12-2/h2-6,9,11-14,17-21H,7-8H2,1H3,(H,16,22);2-5,7-10H,1H2/t9-,11+,12+,13-,14+;/m0./s1. The summed E-state index contributed by atoms with van der Waals surface area (Å²) in [7, 11) is 0. The van der Waals surface area contributed by atoms with Gasteiger partial charge in [0.15, 0.2) is 18.3 Å². The summed E-state index contributed by atoms with van der Waals surface area (Å²) in [4.78, 5) is 22.5. The molecule has 1 aliphatic rings. The van der Waals surface area contributed by atoms with E-state index in [2.05, 4.69) is 10.1 Å². The number of nitrogens with one attached hydrogen (secondary N) is 1. The van der Waals surface area contributed by atoms with Crippen molar-refractivity contribution in [2.75, 3.05) is 13.2 Å². The van der Waals surface area contributed by atoms with Crippen LogP contribution in [0.4, 0.5) is 0 Å². The molecular formula is C21H33NO12. The fourth-order valence-electron chi connectivity index (χ4n) is 3.00. The minimum atomic E-state index is -1.91. The molecule has 1 fully saturated rings. The Balaban J connectivity index is 0.000000404. The Morgan fingerprint density at radius 3 is 2.12 bits per heavy atom. The van der Waals surface area contributed by atoms with Crippen molar-refractivity contribution in [2.24, 2.45) is 0 Å². The first-order chi connectivity index (χ1) is 15.9. The third-order valence-corrected chi connectivity index (χ3v) is 5.04. The Labute approximate surface area is 195 Å². The van der Waals surface area contributed by atoms with Gasteiger partial charge < -0.3 is 56.0 Å². The van der Waals surface area contributed by atoms with E-state index in [4.69, 9.17) is 25.5 Å². The fraction of sp³-hybridized carbons (Fsp3) is 0.619. The molecule has 4 unspecified atom stereocenters. The molecule has 2 rings (SSSR count). The lowest BCUT2D eigenvalue weighted by Gasteiger charge is -2.32. The van der Waals surface area contributed by atoms with Crippen molar-refractivity contribution in [2.45, 2.75) is 68.2 Å². The molecule has 13 heteroatoms. The summed E-state index contributed by atoms with van der Waals surface area (Å²) < 4.78 is 4.38. The second-order valence-corrected chi connectivity index (χ2v) is 7.86. The van der Waals surface area contributed by atoms with E-state index in [1.54, 1.807) is 6.92 Å². The number of carbonyl (C=O) groups is 2. The molecule has 1 aromatic carbocycles. The van der Waals surface area contributed by atoms with Crippen molar-refractivity contribution in [1.82, 2.24) is 5.32 Å². The van der Waals surface area contributed by atoms with Crippen LogP contribution in [0.25, 0.3) is 0 Å². The van der Waals surface area contributed by atoms with Crippen LogP contribution < -0.4 is 5.32 Å². The van der Waals surface area contributed by atoms with Crippen molar-refractivity contribution in [3.8, 4) is 0 Å². The van der Waals surface area contributed by atoms with E-state index in [0.29, 0.717) is 6.42 Å². The maximum atomic E-state index is 11.8. The van der Waals surface area contributed by atoms with E-state index in [9.17, 15) is 30.0 Å². The normalized spacial score (nSPS) is 26.7. The molecule has 1 aromatic rings. The van der Waals surface area contributed by atoms with Gasteiger partial charge in [-0.2, -0.15) is 0 Å². The summed E-state index contributed by atoms with van der Waals surface area (Å²) in [6.07, 6.45) is -12.7. The van der Waals surface area contributed by atoms with Crippen LogP contribution in [0.1, 0.15) is 12.5 Å². The number of benzene rings is 1. The molecule has 13 nitrogen and oxygen atoms in total. The SMILES string of the molecule is C[C@@H](Cc1ccccc1)NC(=O)[C@H](O)[C@@H](O)[C@H](O)[C@H](O)CO.O=C1OC(CO)C(O)C(O)C1O. The van der Waals surface area contributed by atoms with Crippen LogP contribution in [0.5, 0.6) is 0 Å². The molecule has 0 aromatic heterocycles. The molecule has 1 saturated heterocycles. The van der Waals surface area contributed by atoms with Crippen LogP contribution in [0.15, 0.2) is 30.3 Å². The summed E-state index contributed by atoms with van der Waals surface area (Å²) in [6, 6.07) is 9.12. The van der Waals surface area contributed by atoms with E-state index in [1.807, 2.05) is 30.3 Å². The maximum absolute atomic E-state index is 11.8. The van der Waals surface area contributed by atoms with E-state index >= 15 is 0 Å². The highest BCUT2D eigenvalue weighted by Crippen LogP contribution is 2.16. The Kier molecular flexibility index (Phi) is 12.5. The van der Waals surface area contributed by atoms with Crippen molar-refractivity contribution < 1.29 is 60.3 Å². The van der Waals surface area contributed by atoms with Gasteiger partial charge in [0.2, 0.25) is 0 Å². The first-order valence-corrected chi connectivity index (χ1v) is 10.5. The Morgan fingerprint density at radius 2 is 1.59 bits per heavy atom. The van der Waals surface area contributed by atoms with Crippen LogP contribution in [0.2, 0.25) is 0 Å². The first-order valence-electron chi connectivity index (χ1n) is 10.5. The van der Waals surface area contributed by atoms with Crippen LogP contribution in [0.3, 0.4) is 0 Å². The fourth-order valence-corrected chi connectivity index (χ4v) is 3.00. The zero-order chi connectivity index (χ0) is 26.0. The number of hydrogen-bond acceptors (Lipinski definition) is 12. The molecular weight excluding hydrogens is 458 g/mol. The molecule has 0 saturated carbocycles. The first kappa shape index (κ1) is 29.8. The molecule has 1 amide bonds. The molecule has 0 aliphatic carbocycles. The third kappa shape index (κ3) is 8.54. The van der Waals surface area contributed by atoms with Crippen LogP contribution in [0, 0.1) is 0 Å². The summed E-state index contributed by atoms with van der Waals surface area (Å²) in [5.41, 5.74) is 1.00. The molecule has 9 atom stereocenters. The molecule has 1 heterocycles. The predicted molar refractivity (Wildman–Crippen MR) is 114 cm³/mol. The minimum Gasteiger partial charge on any atom is -0.455 e. The molecule has 1 aliphatic heterocycles. The van der Waals surface area contributed by atoms with Gasteiger partial charge in [-0.3, -0.25) is 4.79 Å². The average molecular weight is 491 g/mol. The Morgan fingerprint density at radius 1 is 1.00 bits per heavy atom. The highest BCUT2D eigenvalue weighted by Gasteiger charge is 2.43. The second kappa shape index (κ2) is 14.3. The molecule has 0 spiro atoms. The molecule has 0 radical (unpaired) electrons. The van der Waals surface area contributed by atoms with Crippen LogP contribution in [-0.4, -0.2) is 126 Å². The summed E-state index contributed by atoms with van der Waals surface area (Å²) >= 11 is 0. The molecule has 34 heavy (non-hydrogen) atoms. The lowest BCUT2D eigenvalue weighted by molar-refractivity contribution is -0.206. The number of amides is 1.